The monoisotopic (exact) mass is 466 g/mol. The van der Waals surface area contributed by atoms with Gasteiger partial charge in [-0.3, -0.25) is 4.79 Å². The second kappa shape index (κ2) is 8.94. The van der Waals surface area contributed by atoms with Gasteiger partial charge in [0.05, 0.1) is 18.6 Å². The van der Waals surface area contributed by atoms with Gasteiger partial charge < -0.3 is 39.4 Å². The lowest BCUT2D eigenvalue weighted by Crippen LogP contribution is -2.59. The van der Waals surface area contributed by atoms with E-state index in [9.17, 15) is 30.0 Å². The van der Waals surface area contributed by atoms with Crippen LogP contribution in [0.5, 0.6) is 0 Å². The van der Waals surface area contributed by atoms with Crippen molar-refractivity contribution in [3.05, 3.63) is 36.5 Å². The summed E-state index contributed by atoms with van der Waals surface area (Å²) in [5.41, 5.74) is 1.59. The van der Waals surface area contributed by atoms with Crippen LogP contribution in [0, 0.1) is 17.8 Å². The number of fused-ring (bicyclic) bond motifs is 3. The number of carbonyl (C=O) groups excluding carboxylic acids is 2. The maximum atomic E-state index is 12.4. The molecule has 0 radical (unpaired) electrons. The highest BCUT2D eigenvalue weighted by molar-refractivity contribution is 5.91. The van der Waals surface area contributed by atoms with E-state index >= 15 is 0 Å². The molecule has 4 rings (SSSR count). The highest BCUT2D eigenvalue weighted by Crippen LogP contribution is 2.53. The third-order valence-corrected chi connectivity index (χ3v) is 7.21. The van der Waals surface area contributed by atoms with E-state index in [1.807, 2.05) is 0 Å². The number of aliphatic hydroxyl groups excluding tert-OH is 4. The second-order valence-electron chi connectivity index (χ2n) is 9.20. The molecule has 182 valence electrons. The van der Waals surface area contributed by atoms with Crippen molar-refractivity contribution in [2.24, 2.45) is 17.8 Å². The van der Waals surface area contributed by atoms with Crippen LogP contribution in [-0.2, 0) is 28.5 Å². The summed E-state index contributed by atoms with van der Waals surface area (Å²) in [5, 5.41) is 39.8. The van der Waals surface area contributed by atoms with Gasteiger partial charge in [0.1, 0.15) is 36.6 Å². The molecular weight excluding hydrogens is 436 g/mol. The molecule has 2 saturated carbocycles. The predicted octanol–water partition coefficient (Wildman–Crippen LogP) is -0.647. The maximum absolute atomic E-state index is 12.4. The zero-order chi connectivity index (χ0) is 24.2. The minimum atomic E-state index is -1.57. The Kier molecular flexibility index (Phi) is 6.51. The molecule has 11 atom stereocenters. The van der Waals surface area contributed by atoms with Gasteiger partial charge in [0.15, 0.2) is 6.29 Å². The van der Waals surface area contributed by atoms with Gasteiger partial charge in [0.25, 0.3) is 0 Å². The summed E-state index contributed by atoms with van der Waals surface area (Å²) in [6.07, 6.45) is -8.27. The lowest BCUT2D eigenvalue weighted by atomic mass is 9.81. The van der Waals surface area contributed by atoms with E-state index in [1.165, 1.54) is 6.92 Å². The van der Waals surface area contributed by atoms with Crippen LogP contribution < -0.4 is 0 Å². The average Bonchev–Trinajstić information content (AvgIpc) is 3.19. The molecule has 10 heteroatoms. The molecule has 0 aromatic carbocycles. The Hall–Kier alpha value is -2.08. The van der Waals surface area contributed by atoms with Crippen molar-refractivity contribution >= 4 is 11.9 Å². The predicted molar refractivity (Wildman–Crippen MR) is 111 cm³/mol. The molecule has 2 aliphatic heterocycles. The molecule has 4 aliphatic rings. The summed E-state index contributed by atoms with van der Waals surface area (Å²) in [6, 6.07) is 0. The first kappa shape index (κ1) is 24.1. The maximum Gasteiger partial charge on any atom is 0.334 e. The average molecular weight is 466 g/mol. The van der Waals surface area contributed by atoms with Gasteiger partial charge in [-0.2, -0.15) is 0 Å². The Morgan fingerprint density at radius 2 is 1.82 bits per heavy atom. The van der Waals surface area contributed by atoms with Crippen molar-refractivity contribution < 1.29 is 49.0 Å². The molecule has 0 unspecified atom stereocenters. The van der Waals surface area contributed by atoms with Crippen LogP contribution in [0.4, 0.5) is 0 Å². The number of rotatable bonds is 4. The summed E-state index contributed by atoms with van der Waals surface area (Å²) in [7, 11) is 0. The lowest BCUT2D eigenvalue weighted by Gasteiger charge is -2.40. The molecule has 2 heterocycles. The van der Waals surface area contributed by atoms with Crippen LogP contribution in [0.2, 0.25) is 0 Å². The van der Waals surface area contributed by atoms with Crippen LogP contribution in [0.3, 0.4) is 0 Å². The Bertz CT molecular complexity index is 865. The van der Waals surface area contributed by atoms with E-state index in [-0.39, 0.29) is 17.4 Å². The topological polar surface area (TPSA) is 152 Å². The number of aliphatic hydroxyl groups is 4. The minimum absolute atomic E-state index is 0.209. The fourth-order valence-corrected chi connectivity index (χ4v) is 5.55. The number of esters is 2. The van der Waals surface area contributed by atoms with Crippen LogP contribution >= 0.6 is 0 Å². The second-order valence-corrected chi connectivity index (χ2v) is 9.20. The Morgan fingerprint density at radius 1 is 1.12 bits per heavy atom. The van der Waals surface area contributed by atoms with Crippen LogP contribution in [-0.4, -0.2) is 88.0 Å². The van der Waals surface area contributed by atoms with Crippen molar-refractivity contribution in [2.45, 2.75) is 68.8 Å². The van der Waals surface area contributed by atoms with Gasteiger partial charge in [0, 0.05) is 24.8 Å². The smallest absolute Gasteiger partial charge is 0.334 e. The number of ether oxygens (including phenoxy) is 4. The van der Waals surface area contributed by atoms with Crippen LogP contribution in [0.15, 0.2) is 36.5 Å². The van der Waals surface area contributed by atoms with E-state index in [4.69, 9.17) is 18.9 Å². The fraction of sp³-hybridized carbons (Fsp3) is 0.652. The van der Waals surface area contributed by atoms with E-state index < -0.39 is 73.5 Å². The van der Waals surface area contributed by atoms with Gasteiger partial charge in [-0.05, 0) is 17.9 Å². The molecule has 33 heavy (non-hydrogen) atoms. The Balaban J connectivity index is 1.58. The normalized spacial score (nSPS) is 45.3. The summed E-state index contributed by atoms with van der Waals surface area (Å²) < 4.78 is 22.6. The summed E-state index contributed by atoms with van der Waals surface area (Å²) in [6.45, 7) is 12.9. The van der Waals surface area contributed by atoms with Crippen molar-refractivity contribution in [1.82, 2.24) is 0 Å². The zero-order valence-electron chi connectivity index (χ0n) is 18.3. The molecule has 0 amide bonds. The van der Waals surface area contributed by atoms with Gasteiger partial charge in [0.2, 0.25) is 0 Å². The SMILES string of the molecule is C=C1C(=O)O[C@@H]2[C@H]3C(=C)[C@@H](O[C@@H]4O[C@H](CO)[C@@H](O)[C@H](O)[C@@H]4O)C[C@H]3C(=C)C[C@@H](OC(C)=O)[C@@H]12. The third kappa shape index (κ3) is 4.05. The van der Waals surface area contributed by atoms with E-state index in [0.717, 1.165) is 5.57 Å². The largest absolute Gasteiger partial charge is 0.461 e. The van der Waals surface area contributed by atoms with Gasteiger partial charge in [-0.15, -0.1) is 0 Å². The molecule has 0 aromatic heterocycles. The molecule has 2 aliphatic carbocycles. The van der Waals surface area contributed by atoms with Gasteiger partial charge in [-0.1, -0.05) is 25.3 Å². The van der Waals surface area contributed by atoms with Crippen LogP contribution in [0.1, 0.15) is 19.8 Å². The van der Waals surface area contributed by atoms with Gasteiger partial charge >= 0.3 is 11.9 Å². The number of carbonyl (C=O) groups is 2. The first-order valence-corrected chi connectivity index (χ1v) is 10.9. The first-order valence-electron chi connectivity index (χ1n) is 10.9. The molecule has 4 fully saturated rings. The fourth-order valence-electron chi connectivity index (χ4n) is 5.55. The number of hydrogen-bond donors (Lipinski definition) is 4. The standard InChI is InChI=1S/C23H30O10/c1-8-5-14(30-11(4)25)17-10(3)22(29)33-21(17)16-9(2)13(6-12(8)16)31-23-20(28)19(27)18(26)15(7-24)32-23/h12-21,23-24,26-28H,1-3,5-7H2,4H3/t12-,13-,14+,15+,16-,17+,18+,19-,20-,21+,23+/m0/s1. The Morgan fingerprint density at radius 3 is 2.45 bits per heavy atom. The molecular formula is C23H30O10. The molecule has 2 saturated heterocycles. The molecule has 10 nitrogen and oxygen atoms in total. The van der Waals surface area contributed by atoms with Crippen molar-refractivity contribution in [3.63, 3.8) is 0 Å². The van der Waals surface area contributed by atoms with E-state index in [0.29, 0.717) is 18.4 Å². The lowest BCUT2D eigenvalue weighted by molar-refractivity contribution is -0.308. The molecule has 0 spiro atoms. The Labute approximate surface area is 191 Å². The van der Waals surface area contributed by atoms with Gasteiger partial charge in [-0.25, -0.2) is 4.79 Å². The number of hydrogen-bond acceptors (Lipinski definition) is 10. The van der Waals surface area contributed by atoms with E-state index in [1.54, 1.807) is 0 Å². The molecule has 0 aromatic rings. The van der Waals surface area contributed by atoms with E-state index in [2.05, 4.69) is 19.7 Å². The minimum Gasteiger partial charge on any atom is -0.461 e. The summed E-state index contributed by atoms with van der Waals surface area (Å²) in [5.74, 6) is -2.19. The van der Waals surface area contributed by atoms with Crippen molar-refractivity contribution in [3.8, 4) is 0 Å². The third-order valence-electron chi connectivity index (χ3n) is 7.21. The van der Waals surface area contributed by atoms with Crippen molar-refractivity contribution in [2.75, 3.05) is 6.61 Å². The summed E-state index contributed by atoms with van der Waals surface area (Å²) >= 11 is 0. The highest BCUT2D eigenvalue weighted by atomic mass is 16.7. The molecule has 0 bridgehead atoms. The van der Waals surface area contributed by atoms with Crippen molar-refractivity contribution in [1.29, 1.82) is 0 Å². The van der Waals surface area contributed by atoms with Crippen LogP contribution in [0.25, 0.3) is 0 Å². The zero-order valence-corrected chi connectivity index (χ0v) is 18.3. The summed E-state index contributed by atoms with van der Waals surface area (Å²) in [4.78, 5) is 24.0. The molecule has 4 N–H and O–H groups in total. The first-order chi connectivity index (χ1) is 15.5. The quantitative estimate of drug-likeness (QED) is 0.239. The highest BCUT2D eigenvalue weighted by Gasteiger charge is 2.57.